The molecule has 0 aliphatic rings. The number of amides is 1. The fourth-order valence-electron chi connectivity index (χ4n) is 1.36. The lowest BCUT2D eigenvalue weighted by Gasteiger charge is -2.00. The monoisotopic (exact) mass is 233 g/mol. The van der Waals surface area contributed by atoms with Gasteiger partial charge >= 0.3 is 0 Å². The quantitative estimate of drug-likeness (QED) is 0.601. The lowest BCUT2D eigenvalue weighted by molar-refractivity contribution is -0.118. The van der Waals surface area contributed by atoms with Gasteiger partial charge in [0.1, 0.15) is 5.75 Å². The molecule has 4 heteroatoms. The third-order valence-corrected chi connectivity index (χ3v) is 2.18. The number of rotatable bonds is 5. The zero-order valence-electron chi connectivity index (χ0n) is 9.64. The van der Waals surface area contributed by atoms with E-state index in [1.165, 1.54) is 19.1 Å². The minimum absolute atomic E-state index is 0.0587. The number of benzene rings is 1. The number of carbonyl (C=O) groups is 2. The number of nitrogens with one attached hydrogen (secondary N) is 1. The number of hydrogen-bond donors (Lipinski definition) is 2. The second-order valence-corrected chi connectivity index (χ2v) is 3.61. The maximum absolute atomic E-state index is 10.8. The summed E-state index contributed by atoms with van der Waals surface area (Å²) in [7, 11) is 0. The Morgan fingerprint density at radius 2 is 2.18 bits per heavy atom. The molecule has 0 atom stereocenters. The van der Waals surface area contributed by atoms with Gasteiger partial charge in [-0.15, -0.1) is 0 Å². The number of phenolic OH excluding ortho intramolecular Hbond substituents is 1. The van der Waals surface area contributed by atoms with Gasteiger partial charge in [0.15, 0.2) is 6.29 Å². The van der Waals surface area contributed by atoms with Gasteiger partial charge in [-0.2, -0.15) is 0 Å². The standard InChI is InChI=1S/C13H15NO3/c1-10(16)14-7-3-2-4-11-5-6-13(17)8-12(11)9-15/h2,4-6,8-9,17H,3,7H2,1H3,(H,14,16). The van der Waals surface area contributed by atoms with Gasteiger partial charge in [0.2, 0.25) is 5.91 Å². The first-order valence-corrected chi connectivity index (χ1v) is 5.32. The summed E-state index contributed by atoms with van der Waals surface area (Å²) in [6.45, 7) is 2.04. The third kappa shape index (κ3) is 4.51. The SMILES string of the molecule is CC(=O)NCCC=Cc1ccc(O)cc1C=O. The van der Waals surface area contributed by atoms with Crippen molar-refractivity contribution >= 4 is 18.3 Å². The summed E-state index contributed by atoms with van der Waals surface area (Å²) in [6, 6.07) is 4.62. The predicted molar refractivity (Wildman–Crippen MR) is 65.8 cm³/mol. The van der Waals surface area contributed by atoms with Gasteiger partial charge in [-0.25, -0.2) is 0 Å². The van der Waals surface area contributed by atoms with Crippen LogP contribution in [-0.2, 0) is 4.79 Å². The predicted octanol–water partition coefficient (Wildman–Crippen LogP) is 1.74. The average Bonchev–Trinajstić information content (AvgIpc) is 2.29. The van der Waals surface area contributed by atoms with E-state index in [1.807, 2.05) is 6.08 Å². The molecule has 1 aromatic rings. The molecule has 0 saturated carbocycles. The molecule has 90 valence electrons. The topological polar surface area (TPSA) is 66.4 Å². The van der Waals surface area contributed by atoms with Gasteiger partial charge in [-0.05, 0) is 24.1 Å². The Morgan fingerprint density at radius 3 is 2.82 bits per heavy atom. The summed E-state index contributed by atoms with van der Waals surface area (Å²) in [5.74, 6) is 0.0131. The van der Waals surface area contributed by atoms with E-state index >= 15 is 0 Å². The van der Waals surface area contributed by atoms with Crippen molar-refractivity contribution in [3.05, 3.63) is 35.4 Å². The summed E-state index contributed by atoms with van der Waals surface area (Å²) < 4.78 is 0. The normalized spacial score (nSPS) is 10.4. The number of carbonyl (C=O) groups excluding carboxylic acids is 2. The van der Waals surface area contributed by atoms with E-state index in [-0.39, 0.29) is 11.7 Å². The van der Waals surface area contributed by atoms with Crippen molar-refractivity contribution in [2.24, 2.45) is 0 Å². The van der Waals surface area contributed by atoms with Crippen LogP contribution in [0.15, 0.2) is 24.3 Å². The van der Waals surface area contributed by atoms with Crippen LogP contribution >= 0.6 is 0 Å². The summed E-state index contributed by atoms with van der Waals surface area (Å²) in [5.41, 5.74) is 1.20. The Morgan fingerprint density at radius 1 is 1.41 bits per heavy atom. The highest BCUT2D eigenvalue weighted by molar-refractivity contribution is 5.82. The molecule has 0 bridgehead atoms. The van der Waals surface area contributed by atoms with Crippen LogP contribution in [0, 0.1) is 0 Å². The van der Waals surface area contributed by atoms with Crippen LogP contribution < -0.4 is 5.32 Å². The van der Waals surface area contributed by atoms with Crippen molar-refractivity contribution in [2.75, 3.05) is 6.54 Å². The smallest absolute Gasteiger partial charge is 0.216 e. The van der Waals surface area contributed by atoms with E-state index in [4.69, 9.17) is 0 Å². The summed E-state index contributed by atoms with van der Waals surface area (Å²) in [6.07, 6.45) is 5.06. The van der Waals surface area contributed by atoms with Crippen LogP contribution in [0.1, 0.15) is 29.3 Å². The molecule has 0 unspecified atom stereocenters. The molecule has 0 fully saturated rings. The van der Waals surface area contributed by atoms with Gasteiger partial charge in [0, 0.05) is 19.0 Å². The maximum atomic E-state index is 10.8. The second-order valence-electron chi connectivity index (χ2n) is 3.61. The molecule has 0 aromatic heterocycles. The Hall–Kier alpha value is -2.10. The summed E-state index contributed by atoms with van der Waals surface area (Å²) in [4.78, 5) is 21.4. The Balaban J connectivity index is 2.58. The van der Waals surface area contributed by atoms with Crippen molar-refractivity contribution in [1.29, 1.82) is 0 Å². The van der Waals surface area contributed by atoms with Gasteiger partial charge in [-0.1, -0.05) is 18.2 Å². The molecule has 0 spiro atoms. The Labute approximate surface area is 100.0 Å². The fraction of sp³-hybridized carbons (Fsp3) is 0.231. The minimum atomic E-state index is -0.0587. The van der Waals surface area contributed by atoms with E-state index in [2.05, 4.69) is 5.32 Å². The molecule has 4 nitrogen and oxygen atoms in total. The van der Waals surface area contributed by atoms with Crippen molar-refractivity contribution in [1.82, 2.24) is 5.32 Å². The highest BCUT2D eigenvalue weighted by Gasteiger charge is 1.99. The number of aldehydes is 1. The molecule has 0 radical (unpaired) electrons. The summed E-state index contributed by atoms with van der Waals surface area (Å²) in [5, 5.41) is 11.9. The van der Waals surface area contributed by atoms with Crippen LogP contribution in [0.4, 0.5) is 0 Å². The van der Waals surface area contributed by atoms with Gasteiger partial charge < -0.3 is 10.4 Å². The van der Waals surface area contributed by atoms with Crippen LogP contribution in [0.25, 0.3) is 6.08 Å². The molecule has 1 aromatic carbocycles. The molecular formula is C13H15NO3. The number of phenols is 1. The first-order chi connectivity index (χ1) is 8.13. The van der Waals surface area contributed by atoms with E-state index in [9.17, 15) is 14.7 Å². The lowest BCUT2D eigenvalue weighted by atomic mass is 10.1. The average molecular weight is 233 g/mol. The first-order valence-electron chi connectivity index (χ1n) is 5.32. The minimum Gasteiger partial charge on any atom is -0.508 e. The second kappa shape index (κ2) is 6.48. The summed E-state index contributed by atoms with van der Waals surface area (Å²) >= 11 is 0. The molecule has 2 N–H and O–H groups in total. The van der Waals surface area contributed by atoms with E-state index in [0.29, 0.717) is 24.8 Å². The zero-order chi connectivity index (χ0) is 12.7. The molecule has 1 amide bonds. The van der Waals surface area contributed by atoms with Crippen LogP contribution in [0.3, 0.4) is 0 Å². The van der Waals surface area contributed by atoms with E-state index < -0.39 is 0 Å². The lowest BCUT2D eigenvalue weighted by Crippen LogP contribution is -2.20. The van der Waals surface area contributed by atoms with Crippen molar-refractivity contribution < 1.29 is 14.7 Å². The number of aromatic hydroxyl groups is 1. The highest BCUT2D eigenvalue weighted by atomic mass is 16.3. The zero-order valence-corrected chi connectivity index (χ0v) is 9.64. The number of hydrogen-bond acceptors (Lipinski definition) is 3. The van der Waals surface area contributed by atoms with Crippen molar-refractivity contribution in [2.45, 2.75) is 13.3 Å². The molecular weight excluding hydrogens is 218 g/mol. The Kier molecular flexibility index (Phi) is 4.94. The first kappa shape index (κ1) is 13.0. The molecule has 17 heavy (non-hydrogen) atoms. The van der Waals surface area contributed by atoms with Gasteiger partial charge in [0.25, 0.3) is 0 Å². The van der Waals surface area contributed by atoms with Gasteiger partial charge in [-0.3, -0.25) is 9.59 Å². The third-order valence-electron chi connectivity index (χ3n) is 2.18. The van der Waals surface area contributed by atoms with Crippen molar-refractivity contribution in [3.8, 4) is 5.75 Å². The highest BCUT2D eigenvalue weighted by Crippen LogP contribution is 2.16. The molecule has 1 rings (SSSR count). The van der Waals surface area contributed by atoms with Crippen molar-refractivity contribution in [3.63, 3.8) is 0 Å². The van der Waals surface area contributed by atoms with E-state index in [0.717, 1.165) is 5.56 Å². The molecule has 0 aliphatic carbocycles. The van der Waals surface area contributed by atoms with Crippen LogP contribution in [0.2, 0.25) is 0 Å². The van der Waals surface area contributed by atoms with Crippen LogP contribution in [0.5, 0.6) is 5.75 Å². The van der Waals surface area contributed by atoms with Gasteiger partial charge in [0.05, 0.1) is 0 Å². The largest absolute Gasteiger partial charge is 0.508 e. The maximum Gasteiger partial charge on any atom is 0.216 e. The molecule has 0 saturated heterocycles. The Bertz CT molecular complexity index is 438. The molecule has 0 aliphatic heterocycles. The molecule has 0 heterocycles. The fourth-order valence-corrected chi connectivity index (χ4v) is 1.36. The van der Waals surface area contributed by atoms with Crippen LogP contribution in [-0.4, -0.2) is 23.8 Å². The van der Waals surface area contributed by atoms with E-state index in [1.54, 1.807) is 12.1 Å².